The van der Waals surface area contributed by atoms with E-state index < -0.39 is 41.5 Å². The number of ether oxygens (including phenoxy) is 2. The number of nitriles is 1. The molecular weight excluding hydrogens is 789 g/mol. The lowest BCUT2D eigenvalue weighted by Crippen LogP contribution is -2.46. The van der Waals surface area contributed by atoms with Crippen molar-refractivity contribution in [2.24, 2.45) is 29.0 Å². The molecule has 62 heavy (non-hydrogen) atoms. The summed E-state index contributed by atoms with van der Waals surface area (Å²) in [5.41, 5.74) is 19.8. The van der Waals surface area contributed by atoms with Gasteiger partial charge in [-0.1, -0.05) is 64.5 Å². The number of hydrogen-bond acceptors (Lipinski definition) is 12. The molecule has 0 saturated carbocycles. The summed E-state index contributed by atoms with van der Waals surface area (Å²) in [4.78, 5) is 83.4. The molecule has 4 bridgehead atoms. The number of nitrogens with two attached hydrogens (primary N) is 3. The molecule has 4 atom stereocenters. The third-order valence-corrected chi connectivity index (χ3v) is 11.3. The van der Waals surface area contributed by atoms with Crippen molar-refractivity contribution < 1.29 is 38.2 Å². The fourth-order valence-electron chi connectivity index (χ4n) is 7.91. The van der Waals surface area contributed by atoms with Gasteiger partial charge in [-0.3, -0.25) is 28.8 Å². The third kappa shape index (κ3) is 16.4. The number of fused-ring (bicyclic) bond motifs is 5. The zero-order chi connectivity index (χ0) is 45.4. The van der Waals surface area contributed by atoms with Crippen LogP contribution in [0.5, 0.6) is 11.5 Å². The van der Waals surface area contributed by atoms with Crippen molar-refractivity contribution in [3.63, 3.8) is 0 Å². The third-order valence-electron chi connectivity index (χ3n) is 11.3. The maximum atomic E-state index is 14.6. The highest BCUT2D eigenvalue weighted by molar-refractivity contribution is 5.96. The van der Waals surface area contributed by atoms with E-state index in [1.165, 1.54) is 37.6 Å². The zero-order valence-electron chi connectivity index (χ0n) is 37.2. The summed E-state index contributed by atoms with van der Waals surface area (Å²) in [5, 5.41) is 12.0. The quantitative estimate of drug-likeness (QED) is 0.0776. The Bertz CT molecular complexity index is 1840. The maximum absolute atomic E-state index is 14.6. The molecule has 14 nitrogen and oxygen atoms in total. The van der Waals surface area contributed by atoms with E-state index in [4.69, 9.17) is 26.7 Å². The number of benzene rings is 2. The molecule has 14 heteroatoms. The molecule has 2 amide bonds. The Hall–Kier alpha value is -4.97. The van der Waals surface area contributed by atoms with Gasteiger partial charge in [0.1, 0.15) is 42.3 Å². The molecule has 2 aromatic rings. The van der Waals surface area contributed by atoms with Crippen LogP contribution in [-0.2, 0) is 35.2 Å². The molecule has 0 aromatic heterocycles. The van der Waals surface area contributed by atoms with Gasteiger partial charge in [0.15, 0.2) is 11.6 Å². The summed E-state index contributed by atoms with van der Waals surface area (Å²) >= 11 is 0. The van der Waals surface area contributed by atoms with Crippen LogP contribution in [0.2, 0.25) is 0 Å². The molecule has 0 fully saturated rings. The molecule has 340 valence electrons. The lowest BCUT2D eigenvalue weighted by molar-refractivity contribution is -0.143. The second kappa shape index (κ2) is 27.9. The maximum Gasteiger partial charge on any atom is 0.226 e. The molecule has 0 unspecified atom stereocenters. The van der Waals surface area contributed by atoms with Gasteiger partial charge in [0, 0.05) is 88.0 Å². The van der Waals surface area contributed by atoms with Crippen LogP contribution in [0.1, 0.15) is 134 Å². The Morgan fingerprint density at radius 3 is 2.06 bits per heavy atom. The predicted octanol–water partition coefficient (Wildman–Crippen LogP) is 5.84. The minimum absolute atomic E-state index is 0.0250. The summed E-state index contributed by atoms with van der Waals surface area (Å²) in [6, 6.07) is 10.3. The number of hydrogen-bond donors (Lipinski definition) is 4. The van der Waals surface area contributed by atoms with E-state index in [-0.39, 0.29) is 95.1 Å². The van der Waals surface area contributed by atoms with Crippen LogP contribution in [0.15, 0.2) is 36.4 Å². The summed E-state index contributed by atoms with van der Waals surface area (Å²) in [6.45, 7) is 4.69. The van der Waals surface area contributed by atoms with E-state index >= 15 is 0 Å². The number of nitrogens with one attached hydrogen (secondary N) is 1. The first-order valence-corrected chi connectivity index (χ1v) is 22.5. The van der Waals surface area contributed by atoms with E-state index in [0.717, 1.165) is 19.3 Å². The van der Waals surface area contributed by atoms with E-state index in [1.54, 1.807) is 37.3 Å². The van der Waals surface area contributed by atoms with Crippen LogP contribution < -0.4 is 32.0 Å². The number of carbonyl (C=O) groups is 6. The van der Waals surface area contributed by atoms with Crippen molar-refractivity contribution in [2.45, 2.75) is 135 Å². The fourth-order valence-corrected chi connectivity index (χ4v) is 7.91. The van der Waals surface area contributed by atoms with E-state index in [2.05, 4.69) is 12.2 Å². The highest BCUT2D eigenvalue weighted by Crippen LogP contribution is 2.41. The normalized spacial score (nSPS) is 17.0. The van der Waals surface area contributed by atoms with Crippen LogP contribution in [-0.4, -0.2) is 85.8 Å². The van der Waals surface area contributed by atoms with Gasteiger partial charge in [0.2, 0.25) is 11.8 Å². The Balaban J connectivity index is 1.99. The molecule has 0 saturated heterocycles. The second-order valence-electron chi connectivity index (χ2n) is 16.5. The number of unbranched alkanes of at least 4 members (excludes halogenated alkanes) is 6. The number of Topliss-reactive ketones (excluding diaryl/α,β-unsaturated/α-hetero) is 4. The number of rotatable bonds is 27. The van der Waals surface area contributed by atoms with Gasteiger partial charge in [0.25, 0.3) is 0 Å². The molecule has 1 heterocycles. The number of likely N-dealkylation sites (N-methyl/N-ethyl adjacent to an activating group) is 1. The number of carbonyl (C=O) groups excluding carboxylic acids is 6. The Kier molecular flexibility index (Phi) is 23.1. The molecule has 0 spiro atoms. The lowest BCUT2D eigenvalue weighted by atomic mass is 9.88. The Morgan fingerprint density at radius 1 is 0.806 bits per heavy atom. The van der Waals surface area contributed by atoms with Crippen LogP contribution in [0.25, 0.3) is 11.1 Å². The molecule has 0 radical (unpaired) electrons. The molecule has 1 aliphatic rings. The van der Waals surface area contributed by atoms with Crippen molar-refractivity contribution >= 4 is 34.9 Å². The fraction of sp³-hybridized carbons (Fsp3) is 0.604. The minimum Gasteiger partial charge on any atom is -0.492 e. The smallest absolute Gasteiger partial charge is 0.226 e. The van der Waals surface area contributed by atoms with E-state index in [0.29, 0.717) is 53.0 Å². The molecule has 0 aliphatic carbocycles. The summed E-state index contributed by atoms with van der Waals surface area (Å²) < 4.78 is 12.2. The Labute approximate surface area is 368 Å². The number of amides is 2. The first-order chi connectivity index (χ1) is 29.9. The van der Waals surface area contributed by atoms with Crippen LogP contribution in [0.4, 0.5) is 0 Å². The first-order valence-electron chi connectivity index (χ1n) is 22.5. The lowest BCUT2D eigenvalue weighted by Gasteiger charge is -2.32. The average molecular weight is 859 g/mol. The summed E-state index contributed by atoms with van der Waals surface area (Å²) in [6.07, 6.45) is 9.04. The standard InChI is InChI=1S/C48H70N6O8/c1-4-5-6-7-8-9-10-13-37(55)14-11-15-38(56)31-36(21-23-50)48(60)54(3)46-35-18-20-45(62-27-25-52)40(32-35)39-29-34(17-19-44(39)61-26-24-51)30-41(42(57)16-12-22-49)53-47(59)33(2)28-43(46)58/h17-20,29,32-33,36,41,46H,4-16,21,23-28,30-31,50-52H2,1-3H3,(H,53,59)/t33-,36-,41+,46+/m1/s1. The summed E-state index contributed by atoms with van der Waals surface area (Å²) in [7, 11) is 1.51. The van der Waals surface area contributed by atoms with E-state index in [1.807, 2.05) is 12.1 Å². The van der Waals surface area contributed by atoms with Crippen molar-refractivity contribution in [3.05, 3.63) is 47.5 Å². The highest BCUT2D eigenvalue weighted by atomic mass is 16.5. The second-order valence-corrected chi connectivity index (χ2v) is 16.5. The highest BCUT2D eigenvalue weighted by Gasteiger charge is 2.36. The van der Waals surface area contributed by atoms with Gasteiger partial charge in [0.05, 0.1) is 12.1 Å². The van der Waals surface area contributed by atoms with Crippen molar-refractivity contribution in [2.75, 3.05) is 39.9 Å². The number of nitrogens with zero attached hydrogens (tertiary/aromatic N) is 2. The topological polar surface area (TPSA) is 238 Å². The average Bonchev–Trinajstić information content (AvgIpc) is 3.25. The summed E-state index contributed by atoms with van der Waals surface area (Å²) in [5.74, 6) is -2.64. The molecule has 7 N–H and O–H groups in total. The zero-order valence-corrected chi connectivity index (χ0v) is 37.2. The number of ketones is 4. The monoisotopic (exact) mass is 859 g/mol. The van der Waals surface area contributed by atoms with Crippen LogP contribution >= 0.6 is 0 Å². The minimum atomic E-state index is -1.20. The van der Waals surface area contributed by atoms with Gasteiger partial charge >= 0.3 is 0 Å². The van der Waals surface area contributed by atoms with Gasteiger partial charge < -0.3 is 36.9 Å². The van der Waals surface area contributed by atoms with Crippen LogP contribution in [0.3, 0.4) is 0 Å². The first kappa shape index (κ1) is 51.4. The van der Waals surface area contributed by atoms with Crippen LogP contribution in [0, 0.1) is 23.2 Å². The van der Waals surface area contributed by atoms with Gasteiger partial charge in [-0.05, 0) is 67.6 Å². The molecule has 1 aliphatic heterocycles. The SMILES string of the molecule is CCCCCCCCCC(=O)CCCC(=O)C[C@@H](CCN)C(=O)N(C)[C@@H]1C(=O)C[C@@H](C)C(=O)N[C@H](C(=O)CCC#N)Cc2ccc(OCCN)c(c2)-c2cc1ccc2OCCN. The molecule has 2 aromatic carbocycles. The van der Waals surface area contributed by atoms with Crippen molar-refractivity contribution in [1.82, 2.24) is 10.2 Å². The van der Waals surface area contributed by atoms with Crippen molar-refractivity contribution in [3.8, 4) is 28.7 Å². The van der Waals surface area contributed by atoms with Gasteiger partial charge in [-0.25, -0.2) is 0 Å². The Morgan fingerprint density at radius 2 is 1.42 bits per heavy atom. The van der Waals surface area contributed by atoms with Gasteiger partial charge in [-0.15, -0.1) is 0 Å². The molecular formula is C48H70N6O8. The van der Waals surface area contributed by atoms with Gasteiger partial charge in [-0.2, -0.15) is 5.26 Å². The predicted molar refractivity (Wildman–Crippen MR) is 239 cm³/mol. The van der Waals surface area contributed by atoms with Crippen molar-refractivity contribution in [1.29, 1.82) is 5.26 Å². The molecule has 3 rings (SSSR count). The largest absolute Gasteiger partial charge is 0.492 e. The van der Waals surface area contributed by atoms with E-state index in [9.17, 15) is 34.0 Å².